The van der Waals surface area contributed by atoms with E-state index in [9.17, 15) is 10.2 Å². The average molecular weight is 214 g/mol. The van der Waals surface area contributed by atoms with Gasteiger partial charge in [-0.3, -0.25) is 0 Å². The molecule has 0 atom stereocenters. The Bertz CT molecular complexity index is 507. The molecule has 0 unspecified atom stereocenters. The van der Waals surface area contributed by atoms with Crippen LogP contribution < -0.4 is 0 Å². The molecular formula is C14H14O2. The van der Waals surface area contributed by atoms with Crippen LogP contribution in [0.3, 0.4) is 0 Å². The van der Waals surface area contributed by atoms with E-state index in [1.807, 2.05) is 31.2 Å². The molecule has 0 heterocycles. The molecule has 2 aromatic carbocycles. The second kappa shape index (κ2) is 3.89. The third-order valence-corrected chi connectivity index (χ3v) is 2.81. The molecule has 0 aliphatic carbocycles. The van der Waals surface area contributed by atoms with Gasteiger partial charge in [-0.2, -0.15) is 0 Å². The minimum atomic E-state index is 0.123. The molecule has 0 saturated carbocycles. The summed E-state index contributed by atoms with van der Waals surface area (Å²) >= 11 is 0. The first-order valence-electron chi connectivity index (χ1n) is 5.18. The van der Waals surface area contributed by atoms with E-state index in [1.165, 1.54) is 0 Å². The van der Waals surface area contributed by atoms with Gasteiger partial charge < -0.3 is 10.2 Å². The summed E-state index contributed by atoms with van der Waals surface area (Å²) in [5, 5.41) is 19.3. The SMILES string of the molecule is Cc1ccccc1-c1cc(O)c(C)c(O)c1. The zero-order valence-corrected chi connectivity index (χ0v) is 9.36. The minimum absolute atomic E-state index is 0.123. The van der Waals surface area contributed by atoms with Crippen LogP contribution in [0.1, 0.15) is 11.1 Å². The lowest BCUT2D eigenvalue weighted by Gasteiger charge is -2.09. The molecule has 16 heavy (non-hydrogen) atoms. The summed E-state index contributed by atoms with van der Waals surface area (Å²) in [6, 6.07) is 11.2. The number of benzene rings is 2. The van der Waals surface area contributed by atoms with Crippen molar-refractivity contribution < 1.29 is 10.2 Å². The molecule has 0 spiro atoms. The van der Waals surface area contributed by atoms with E-state index in [2.05, 4.69) is 0 Å². The van der Waals surface area contributed by atoms with Gasteiger partial charge in [-0.05, 0) is 42.7 Å². The predicted octanol–water partition coefficient (Wildman–Crippen LogP) is 3.38. The Labute approximate surface area is 94.8 Å². The van der Waals surface area contributed by atoms with Gasteiger partial charge in [0.1, 0.15) is 11.5 Å². The third kappa shape index (κ3) is 1.74. The maximum atomic E-state index is 9.67. The van der Waals surface area contributed by atoms with Crippen LogP contribution in [-0.2, 0) is 0 Å². The summed E-state index contributed by atoms with van der Waals surface area (Å²) in [4.78, 5) is 0. The smallest absolute Gasteiger partial charge is 0.122 e. The summed E-state index contributed by atoms with van der Waals surface area (Å²) in [6.07, 6.45) is 0. The number of hydrogen-bond donors (Lipinski definition) is 2. The molecule has 2 N–H and O–H groups in total. The topological polar surface area (TPSA) is 40.5 Å². The Kier molecular flexibility index (Phi) is 2.57. The van der Waals surface area contributed by atoms with E-state index >= 15 is 0 Å². The zero-order chi connectivity index (χ0) is 11.7. The van der Waals surface area contributed by atoms with Crippen LogP contribution in [0, 0.1) is 13.8 Å². The number of hydrogen-bond acceptors (Lipinski definition) is 2. The highest BCUT2D eigenvalue weighted by atomic mass is 16.3. The summed E-state index contributed by atoms with van der Waals surface area (Å²) < 4.78 is 0. The average Bonchev–Trinajstić information content (AvgIpc) is 2.26. The van der Waals surface area contributed by atoms with Gasteiger partial charge in [0.05, 0.1) is 0 Å². The van der Waals surface area contributed by atoms with Crippen molar-refractivity contribution in [3.05, 3.63) is 47.5 Å². The van der Waals surface area contributed by atoms with Crippen molar-refractivity contribution in [2.75, 3.05) is 0 Å². The van der Waals surface area contributed by atoms with Gasteiger partial charge >= 0.3 is 0 Å². The maximum absolute atomic E-state index is 9.67. The molecule has 0 radical (unpaired) electrons. The highest BCUT2D eigenvalue weighted by molar-refractivity contribution is 5.71. The quantitative estimate of drug-likeness (QED) is 0.764. The lowest BCUT2D eigenvalue weighted by Crippen LogP contribution is -1.84. The Balaban J connectivity index is 2.62. The molecule has 0 aliphatic heterocycles. The summed E-state index contributed by atoms with van der Waals surface area (Å²) in [5.41, 5.74) is 3.48. The molecule has 2 heteroatoms. The van der Waals surface area contributed by atoms with E-state index in [1.54, 1.807) is 19.1 Å². The monoisotopic (exact) mass is 214 g/mol. The van der Waals surface area contributed by atoms with Gasteiger partial charge in [0, 0.05) is 5.56 Å². The van der Waals surface area contributed by atoms with Gasteiger partial charge in [0.15, 0.2) is 0 Å². The molecule has 0 aromatic heterocycles. The van der Waals surface area contributed by atoms with Gasteiger partial charge in [-0.1, -0.05) is 24.3 Å². The first kappa shape index (κ1) is 10.6. The predicted molar refractivity (Wildman–Crippen MR) is 64.7 cm³/mol. The van der Waals surface area contributed by atoms with Crippen LogP contribution in [0.15, 0.2) is 36.4 Å². The summed E-state index contributed by atoms with van der Waals surface area (Å²) in [5.74, 6) is 0.247. The van der Waals surface area contributed by atoms with E-state index in [0.29, 0.717) is 5.56 Å². The number of phenolic OH excluding ortho intramolecular Hbond substituents is 2. The summed E-state index contributed by atoms with van der Waals surface area (Å²) in [6.45, 7) is 3.69. The minimum Gasteiger partial charge on any atom is -0.508 e. The third-order valence-electron chi connectivity index (χ3n) is 2.81. The van der Waals surface area contributed by atoms with Crippen molar-refractivity contribution in [2.24, 2.45) is 0 Å². The molecule has 0 saturated heterocycles. The fraction of sp³-hybridized carbons (Fsp3) is 0.143. The Hall–Kier alpha value is -1.96. The van der Waals surface area contributed by atoms with Crippen molar-refractivity contribution in [3.8, 4) is 22.6 Å². The van der Waals surface area contributed by atoms with Gasteiger partial charge in [-0.25, -0.2) is 0 Å². The van der Waals surface area contributed by atoms with E-state index in [0.717, 1.165) is 16.7 Å². The normalized spacial score (nSPS) is 10.4. The number of aryl methyl sites for hydroxylation is 1. The molecule has 2 aromatic rings. The fourth-order valence-electron chi connectivity index (χ4n) is 1.74. The number of aromatic hydroxyl groups is 2. The lowest BCUT2D eigenvalue weighted by molar-refractivity contribution is 0.443. The molecular weight excluding hydrogens is 200 g/mol. The van der Waals surface area contributed by atoms with E-state index in [4.69, 9.17) is 0 Å². The van der Waals surface area contributed by atoms with Gasteiger partial charge in [-0.15, -0.1) is 0 Å². The fourth-order valence-corrected chi connectivity index (χ4v) is 1.74. The Morgan fingerprint density at radius 1 is 0.875 bits per heavy atom. The zero-order valence-electron chi connectivity index (χ0n) is 9.36. The van der Waals surface area contributed by atoms with Crippen LogP contribution >= 0.6 is 0 Å². The number of rotatable bonds is 1. The van der Waals surface area contributed by atoms with Crippen molar-refractivity contribution in [2.45, 2.75) is 13.8 Å². The van der Waals surface area contributed by atoms with Crippen LogP contribution in [0.2, 0.25) is 0 Å². The highest BCUT2D eigenvalue weighted by Gasteiger charge is 2.08. The van der Waals surface area contributed by atoms with Crippen LogP contribution in [0.4, 0.5) is 0 Å². The van der Waals surface area contributed by atoms with E-state index < -0.39 is 0 Å². The number of phenols is 2. The van der Waals surface area contributed by atoms with E-state index in [-0.39, 0.29) is 11.5 Å². The Morgan fingerprint density at radius 2 is 1.44 bits per heavy atom. The first-order chi connectivity index (χ1) is 7.59. The summed E-state index contributed by atoms with van der Waals surface area (Å²) in [7, 11) is 0. The Morgan fingerprint density at radius 3 is 2.00 bits per heavy atom. The first-order valence-corrected chi connectivity index (χ1v) is 5.18. The maximum Gasteiger partial charge on any atom is 0.122 e. The molecule has 0 fully saturated rings. The molecule has 0 aliphatic rings. The molecule has 0 bridgehead atoms. The lowest BCUT2D eigenvalue weighted by atomic mass is 9.99. The molecule has 2 rings (SSSR count). The van der Waals surface area contributed by atoms with Crippen molar-refractivity contribution in [1.29, 1.82) is 0 Å². The second-order valence-corrected chi connectivity index (χ2v) is 3.95. The van der Waals surface area contributed by atoms with Crippen molar-refractivity contribution in [3.63, 3.8) is 0 Å². The van der Waals surface area contributed by atoms with Crippen molar-refractivity contribution in [1.82, 2.24) is 0 Å². The van der Waals surface area contributed by atoms with Gasteiger partial charge in [0.2, 0.25) is 0 Å². The standard InChI is InChI=1S/C14H14O2/c1-9-5-3-4-6-12(9)11-7-13(15)10(2)14(16)8-11/h3-8,15-16H,1-2H3. The molecule has 82 valence electrons. The molecule has 2 nitrogen and oxygen atoms in total. The highest BCUT2D eigenvalue weighted by Crippen LogP contribution is 2.33. The van der Waals surface area contributed by atoms with Gasteiger partial charge in [0.25, 0.3) is 0 Å². The van der Waals surface area contributed by atoms with Crippen LogP contribution in [0.5, 0.6) is 11.5 Å². The van der Waals surface area contributed by atoms with Crippen molar-refractivity contribution >= 4 is 0 Å². The van der Waals surface area contributed by atoms with Crippen LogP contribution in [0.25, 0.3) is 11.1 Å². The van der Waals surface area contributed by atoms with Crippen LogP contribution in [-0.4, -0.2) is 10.2 Å². The molecule has 0 amide bonds. The largest absolute Gasteiger partial charge is 0.508 e. The second-order valence-electron chi connectivity index (χ2n) is 3.95.